The van der Waals surface area contributed by atoms with Crippen LogP contribution in [0.2, 0.25) is 0 Å². The molecule has 2 aromatic carbocycles. The molecule has 1 atom stereocenters. The van der Waals surface area contributed by atoms with Gasteiger partial charge < -0.3 is 14.2 Å². The van der Waals surface area contributed by atoms with Crippen molar-refractivity contribution >= 4 is 6.21 Å². The largest absolute Gasteiger partial charge is 0.493 e. The number of hydrogen-bond donors (Lipinski definition) is 0. The number of nitrogens with zero attached hydrogens (tertiary/aromatic N) is 1. The quantitative estimate of drug-likeness (QED) is 0.712. The van der Waals surface area contributed by atoms with Gasteiger partial charge in [0.2, 0.25) is 0 Å². The number of ether oxygens (including phenoxy) is 3. The summed E-state index contributed by atoms with van der Waals surface area (Å²) in [6.07, 6.45) is 3.67. The van der Waals surface area contributed by atoms with Gasteiger partial charge in [-0.15, -0.1) is 0 Å². The number of rotatable bonds is 7. The molecule has 1 heterocycles. The molecule has 0 aliphatic carbocycles. The Morgan fingerprint density at radius 3 is 2.68 bits per heavy atom. The molecule has 1 aliphatic heterocycles. The summed E-state index contributed by atoms with van der Waals surface area (Å²) < 4.78 is 16.5. The Bertz CT molecular complexity index is 755. The van der Waals surface area contributed by atoms with Crippen molar-refractivity contribution in [1.82, 2.24) is 0 Å². The monoisotopic (exact) mass is 339 g/mol. The van der Waals surface area contributed by atoms with E-state index in [4.69, 9.17) is 19.2 Å². The Morgan fingerprint density at radius 2 is 1.92 bits per heavy atom. The molecular formula is C21H25NO3. The molecule has 0 fully saturated rings. The van der Waals surface area contributed by atoms with E-state index in [-0.39, 0.29) is 6.04 Å². The van der Waals surface area contributed by atoms with E-state index in [1.807, 2.05) is 12.3 Å². The van der Waals surface area contributed by atoms with Gasteiger partial charge in [0.25, 0.3) is 0 Å². The first kappa shape index (κ1) is 17.5. The van der Waals surface area contributed by atoms with Crippen LogP contribution < -0.4 is 9.47 Å². The molecule has 0 aromatic heterocycles. The fourth-order valence-corrected chi connectivity index (χ4v) is 3.15. The maximum Gasteiger partial charge on any atom is 0.161 e. The van der Waals surface area contributed by atoms with E-state index in [1.165, 1.54) is 16.7 Å². The SMILES string of the molecule is COCCCOc1cc2c(cc1OC)C=NC(c1ccccc1C)C2. The maximum atomic E-state index is 5.91. The molecule has 1 aliphatic rings. The Morgan fingerprint density at radius 1 is 1.08 bits per heavy atom. The van der Waals surface area contributed by atoms with Crippen molar-refractivity contribution in [1.29, 1.82) is 0 Å². The molecule has 4 heteroatoms. The topological polar surface area (TPSA) is 40.0 Å². The van der Waals surface area contributed by atoms with E-state index in [9.17, 15) is 0 Å². The first-order valence-corrected chi connectivity index (χ1v) is 8.64. The summed E-state index contributed by atoms with van der Waals surface area (Å²) in [5, 5.41) is 0. The summed E-state index contributed by atoms with van der Waals surface area (Å²) >= 11 is 0. The summed E-state index contributed by atoms with van der Waals surface area (Å²) in [5.74, 6) is 1.54. The predicted octanol–water partition coefficient (Wildman–Crippen LogP) is 4.14. The van der Waals surface area contributed by atoms with Gasteiger partial charge in [0, 0.05) is 26.4 Å². The lowest BCUT2D eigenvalue weighted by molar-refractivity contribution is 0.170. The average Bonchev–Trinajstić information content (AvgIpc) is 2.64. The molecule has 2 aromatic rings. The highest BCUT2D eigenvalue weighted by atomic mass is 16.5. The summed E-state index contributed by atoms with van der Waals surface area (Å²) in [6.45, 7) is 3.44. The van der Waals surface area contributed by atoms with Crippen LogP contribution in [0.4, 0.5) is 0 Å². The second-order valence-corrected chi connectivity index (χ2v) is 6.25. The average molecular weight is 339 g/mol. The first-order chi connectivity index (χ1) is 12.2. The summed E-state index contributed by atoms with van der Waals surface area (Å²) in [5.41, 5.74) is 4.90. The van der Waals surface area contributed by atoms with E-state index in [0.29, 0.717) is 13.2 Å². The van der Waals surface area contributed by atoms with Crippen molar-refractivity contribution < 1.29 is 14.2 Å². The van der Waals surface area contributed by atoms with E-state index >= 15 is 0 Å². The fourth-order valence-electron chi connectivity index (χ4n) is 3.15. The molecule has 0 saturated carbocycles. The third-order valence-electron chi connectivity index (χ3n) is 4.53. The molecule has 4 nitrogen and oxygen atoms in total. The molecule has 25 heavy (non-hydrogen) atoms. The number of methoxy groups -OCH3 is 2. The second-order valence-electron chi connectivity index (χ2n) is 6.25. The highest BCUT2D eigenvalue weighted by Gasteiger charge is 2.20. The zero-order valence-electron chi connectivity index (χ0n) is 15.1. The third-order valence-corrected chi connectivity index (χ3v) is 4.53. The molecule has 1 unspecified atom stereocenters. The van der Waals surface area contributed by atoms with Crippen LogP contribution in [0.15, 0.2) is 41.4 Å². The minimum absolute atomic E-state index is 0.156. The van der Waals surface area contributed by atoms with Crippen molar-refractivity contribution in [2.24, 2.45) is 4.99 Å². The molecule has 132 valence electrons. The highest BCUT2D eigenvalue weighted by Crippen LogP contribution is 2.36. The summed E-state index contributed by atoms with van der Waals surface area (Å²) in [4.78, 5) is 4.76. The van der Waals surface area contributed by atoms with Gasteiger partial charge in [-0.1, -0.05) is 24.3 Å². The lowest BCUT2D eigenvalue weighted by Gasteiger charge is -2.22. The van der Waals surface area contributed by atoms with Crippen molar-refractivity contribution in [2.75, 3.05) is 27.4 Å². The van der Waals surface area contributed by atoms with Crippen LogP contribution in [-0.2, 0) is 11.2 Å². The standard InChI is InChI=1S/C21H25NO3/c1-15-7-4-5-8-18(15)19-11-16-12-21(25-10-6-9-23-2)20(24-3)13-17(16)14-22-19/h4-5,7-8,12-14,19H,6,9-11H2,1-3H3. The van der Waals surface area contributed by atoms with Gasteiger partial charge in [0.15, 0.2) is 11.5 Å². The Hall–Kier alpha value is -2.33. The Labute approximate surface area is 149 Å². The van der Waals surface area contributed by atoms with Crippen molar-refractivity contribution in [2.45, 2.75) is 25.8 Å². The normalized spacial score (nSPS) is 15.7. The number of aryl methyl sites for hydroxylation is 1. The molecule has 0 radical (unpaired) electrons. The molecule has 0 spiro atoms. The molecule has 3 rings (SSSR count). The van der Waals surface area contributed by atoms with Crippen LogP contribution in [0.25, 0.3) is 0 Å². The van der Waals surface area contributed by atoms with Gasteiger partial charge in [-0.3, -0.25) is 4.99 Å². The molecule has 0 amide bonds. The maximum absolute atomic E-state index is 5.91. The zero-order chi connectivity index (χ0) is 17.6. The van der Waals surface area contributed by atoms with Gasteiger partial charge in [-0.2, -0.15) is 0 Å². The van der Waals surface area contributed by atoms with E-state index < -0.39 is 0 Å². The first-order valence-electron chi connectivity index (χ1n) is 8.64. The second kappa shape index (κ2) is 8.17. The minimum Gasteiger partial charge on any atom is -0.493 e. The van der Waals surface area contributed by atoms with E-state index in [0.717, 1.165) is 29.9 Å². The Kier molecular flexibility index (Phi) is 5.71. The van der Waals surface area contributed by atoms with Gasteiger partial charge in [-0.25, -0.2) is 0 Å². The van der Waals surface area contributed by atoms with E-state index in [1.54, 1.807) is 14.2 Å². The molecular weight excluding hydrogens is 314 g/mol. The van der Waals surface area contributed by atoms with Crippen molar-refractivity contribution in [3.63, 3.8) is 0 Å². The molecule has 0 bridgehead atoms. The van der Waals surface area contributed by atoms with E-state index in [2.05, 4.69) is 37.3 Å². The van der Waals surface area contributed by atoms with Crippen LogP contribution in [0.1, 0.15) is 34.7 Å². The van der Waals surface area contributed by atoms with Gasteiger partial charge in [-0.05, 0) is 47.7 Å². The zero-order valence-corrected chi connectivity index (χ0v) is 15.1. The predicted molar refractivity (Wildman–Crippen MR) is 100 cm³/mol. The third kappa shape index (κ3) is 4.02. The van der Waals surface area contributed by atoms with Crippen LogP contribution >= 0.6 is 0 Å². The van der Waals surface area contributed by atoms with Crippen molar-refractivity contribution in [3.8, 4) is 11.5 Å². The number of hydrogen-bond acceptors (Lipinski definition) is 4. The summed E-state index contributed by atoms with van der Waals surface area (Å²) in [6, 6.07) is 12.7. The lowest BCUT2D eigenvalue weighted by Crippen LogP contribution is -2.11. The number of fused-ring (bicyclic) bond motifs is 1. The van der Waals surface area contributed by atoms with Gasteiger partial charge in [0.05, 0.1) is 19.8 Å². The molecule has 0 N–H and O–H groups in total. The van der Waals surface area contributed by atoms with Crippen LogP contribution in [0, 0.1) is 6.92 Å². The minimum atomic E-state index is 0.156. The lowest BCUT2D eigenvalue weighted by atomic mass is 9.91. The van der Waals surface area contributed by atoms with Gasteiger partial charge in [0.1, 0.15) is 0 Å². The van der Waals surface area contributed by atoms with Crippen LogP contribution in [0.3, 0.4) is 0 Å². The van der Waals surface area contributed by atoms with Crippen LogP contribution in [-0.4, -0.2) is 33.6 Å². The highest BCUT2D eigenvalue weighted by molar-refractivity contribution is 5.84. The molecule has 0 saturated heterocycles. The Balaban J connectivity index is 1.82. The summed E-state index contributed by atoms with van der Waals surface area (Å²) in [7, 11) is 3.37. The van der Waals surface area contributed by atoms with Gasteiger partial charge >= 0.3 is 0 Å². The smallest absolute Gasteiger partial charge is 0.161 e. The number of benzene rings is 2. The number of aliphatic imine (C=N–C) groups is 1. The van der Waals surface area contributed by atoms with Crippen molar-refractivity contribution in [3.05, 3.63) is 58.7 Å². The van der Waals surface area contributed by atoms with Crippen LogP contribution in [0.5, 0.6) is 11.5 Å². The fraction of sp³-hybridized carbons (Fsp3) is 0.381.